The third-order valence-electron chi connectivity index (χ3n) is 13.7. The van der Waals surface area contributed by atoms with E-state index in [0.717, 1.165) is 61.5 Å². The number of aromatic nitrogens is 1. The van der Waals surface area contributed by atoms with Gasteiger partial charge < -0.3 is 30.4 Å². The highest BCUT2D eigenvalue weighted by Gasteiger charge is 2.47. The Morgan fingerprint density at radius 3 is 2.18 bits per heavy atom. The van der Waals surface area contributed by atoms with E-state index in [1.807, 2.05) is 87.5 Å². The van der Waals surface area contributed by atoms with Crippen molar-refractivity contribution in [2.75, 3.05) is 45.6 Å². The van der Waals surface area contributed by atoms with Gasteiger partial charge in [-0.1, -0.05) is 79.9 Å². The molecule has 14 nitrogen and oxygen atoms in total. The van der Waals surface area contributed by atoms with Crippen molar-refractivity contribution in [3.05, 3.63) is 107 Å². The van der Waals surface area contributed by atoms with Gasteiger partial charge >= 0.3 is 5.97 Å². The molecule has 4 aromatic rings. The number of hydrogen-bond donors (Lipinski definition) is 4. The SMILES string of the molecule is CC(C)(C)NC(=O)[C@@H]1C[C@@H]2CCCC[C@@H]2CN1C[C@@H](OC(=O)c1ccc(CN2CCOCC2)cc1)[C@H](Cc1ccccc1)NC(=O)[C@@H](NC(=O)c1cc2ccccc2[nH]1)C(C)(C)S(C)(=O)=O. The van der Waals surface area contributed by atoms with E-state index < -0.39 is 62.1 Å². The number of amides is 3. The van der Waals surface area contributed by atoms with Crippen molar-refractivity contribution in [2.24, 2.45) is 11.8 Å². The van der Waals surface area contributed by atoms with E-state index >= 15 is 4.79 Å². The van der Waals surface area contributed by atoms with Crippen molar-refractivity contribution >= 4 is 44.4 Å². The van der Waals surface area contributed by atoms with Crippen LogP contribution >= 0.6 is 0 Å². The lowest BCUT2D eigenvalue weighted by molar-refractivity contribution is -0.133. The minimum Gasteiger partial charge on any atom is -0.455 e. The number of sulfone groups is 1. The van der Waals surface area contributed by atoms with E-state index in [2.05, 4.69) is 30.7 Å². The molecule has 3 fully saturated rings. The zero-order valence-electron chi connectivity index (χ0n) is 39.3. The summed E-state index contributed by atoms with van der Waals surface area (Å²) >= 11 is 0. The van der Waals surface area contributed by atoms with Crippen LogP contribution in [0.2, 0.25) is 0 Å². The standard InChI is InChI=1S/C51H68N6O8S/c1-50(2,3)55-47(59)43-30-37-16-10-11-18-39(37)32-57(43)33-44(65-49(61)36-22-20-35(21-23-36)31-56-24-26-64-27-25-56)41(28-34-14-8-7-9-15-34)53-48(60)45(51(4,5)66(6,62)63)54-46(58)42-29-38-17-12-13-19-40(38)52-42/h7-9,12-15,17,19-23,29,37,39,41,43-45,52H,10-11,16,18,24-28,30-33H2,1-6H3,(H,53,60)(H,54,58)(H,55,59)/t37-,39+,41-,43-,44+,45+/m0/s1. The number of H-pyrrole nitrogens is 1. The van der Waals surface area contributed by atoms with Gasteiger partial charge in [-0.25, -0.2) is 13.2 Å². The Bertz CT molecular complexity index is 2390. The number of ether oxygens (including phenoxy) is 2. The molecule has 0 unspecified atom stereocenters. The summed E-state index contributed by atoms with van der Waals surface area (Å²) in [5.41, 5.74) is 2.56. The van der Waals surface area contributed by atoms with Gasteiger partial charge in [-0.15, -0.1) is 0 Å². The first-order valence-electron chi connectivity index (χ1n) is 23.4. The van der Waals surface area contributed by atoms with E-state index in [1.54, 1.807) is 18.2 Å². The Kier molecular flexibility index (Phi) is 15.4. The van der Waals surface area contributed by atoms with Gasteiger partial charge in [-0.3, -0.25) is 24.2 Å². The molecule has 1 aromatic heterocycles. The number of morpholine rings is 1. The van der Waals surface area contributed by atoms with Gasteiger partial charge in [-0.05, 0) is 101 Å². The number of benzene rings is 3. The monoisotopic (exact) mass is 924 g/mol. The molecule has 7 rings (SSSR count). The highest BCUT2D eigenvalue weighted by atomic mass is 32.2. The Balaban J connectivity index is 1.25. The predicted molar refractivity (Wildman–Crippen MR) is 256 cm³/mol. The molecule has 2 saturated heterocycles. The number of carbonyl (C=O) groups excluding carboxylic acids is 4. The van der Waals surface area contributed by atoms with Crippen LogP contribution in [0, 0.1) is 11.8 Å². The number of hydrogen-bond acceptors (Lipinski definition) is 10. The van der Waals surface area contributed by atoms with E-state index in [9.17, 15) is 22.8 Å². The zero-order chi connectivity index (χ0) is 47.2. The van der Waals surface area contributed by atoms with Crippen LogP contribution in [0.5, 0.6) is 0 Å². The molecule has 0 radical (unpaired) electrons. The maximum absolute atomic E-state index is 15.0. The van der Waals surface area contributed by atoms with Crippen LogP contribution in [-0.2, 0) is 41.9 Å². The maximum Gasteiger partial charge on any atom is 0.338 e. The number of nitrogens with one attached hydrogen (secondary N) is 4. The van der Waals surface area contributed by atoms with Crippen molar-refractivity contribution in [2.45, 2.75) is 114 Å². The largest absolute Gasteiger partial charge is 0.455 e. The fourth-order valence-corrected chi connectivity index (χ4v) is 10.3. The molecule has 0 spiro atoms. The molecule has 15 heteroatoms. The number of aromatic amines is 1. The zero-order valence-corrected chi connectivity index (χ0v) is 40.1. The smallest absolute Gasteiger partial charge is 0.338 e. The second kappa shape index (κ2) is 20.8. The van der Waals surface area contributed by atoms with Gasteiger partial charge in [0, 0.05) is 55.4 Å². The van der Waals surface area contributed by atoms with Crippen LogP contribution in [-0.4, -0.2) is 127 Å². The summed E-state index contributed by atoms with van der Waals surface area (Å²) in [4.78, 5) is 65.2. The van der Waals surface area contributed by atoms with E-state index in [0.29, 0.717) is 55.6 Å². The molecule has 6 atom stereocenters. The third-order valence-corrected chi connectivity index (χ3v) is 15.9. The summed E-state index contributed by atoms with van der Waals surface area (Å²) in [6.45, 7) is 13.1. The van der Waals surface area contributed by atoms with Gasteiger partial charge in [0.15, 0.2) is 9.84 Å². The molecule has 2 aliphatic heterocycles. The number of rotatable bonds is 16. The highest BCUT2D eigenvalue weighted by molar-refractivity contribution is 7.92. The van der Waals surface area contributed by atoms with Crippen molar-refractivity contribution in [3.8, 4) is 0 Å². The summed E-state index contributed by atoms with van der Waals surface area (Å²) in [5.74, 6) is -1.42. The van der Waals surface area contributed by atoms with Crippen molar-refractivity contribution < 1.29 is 37.1 Å². The Hall–Kier alpha value is -5.09. The van der Waals surface area contributed by atoms with Gasteiger partial charge in [0.1, 0.15) is 17.8 Å². The summed E-state index contributed by atoms with van der Waals surface area (Å²) in [6.07, 6.45) is 5.13. The molecule has 356 valence electrons. The average Bonchev–Trinajstić information content (AvgIpc) is 3.72. The van der Waals surface area contributed by atoms with Gasteiger partial charge in [-0.2, -0.15) is 0 Å². The fraction of sp³-hybridized carbons (Fsp3) is 0.529. The molecule has 66 heavy (non-hydrogen) atoms. The molecule has 1 saturated carbocycles. The van der Waals surface area contributed by atoms with E-state index in [-0.39, 0.29) is 24.6 Å². The fourth-order valence-electron chi connectivity index (χ4n) is 9.66. The third kappa shape index (κ3) is 12.3. The number of likely N-dealkylation sites (tertiary alicyclic amines) is 1. The van der Waals surface area contributed by atoms with Crippen molar-refractivity contribution in [1.29, 1.82) is 0 Å². The normalized spacial score (nSPS) is 21.2. The molecular formula is C51H68N6O8S. The molecular weight excluding hydrogens is 857 g/mol. The van der Waals surface area contributed by atoms with Crippen LogP contribution in [0.4, 0.5) is 0 Å². The minimum atomic E-state index is -3.98. The lowest BCUT2D eigenvalue weighted by Crippen LogP contribution is -2.64. The highest BCUT2D eigenvalue weighted by Crippen LogP contribution is 2.39. The number of esters is 1. The van der Waals surface area contributed by atoms with Crippen LogP contribution in [0.25, 0.3) is 10.9 Å². The molecule has 1 aliphatic carbocycles. The molecule has 3 heterocycles. The molecule has 4 N–H and O–H groups in total. The molecule has 0 bridgehead atoms. The quantitative estimate of drug-likeness (QED) is 0.102. The van der Waals surface area contributed by atoms with Crippen LogP contribution in [0.1, 0.15) is 98.7 Å². The Morgan fingerprint density at radius 2 is 1.52 bits per heavy atom. The van der Waals surface area contributed by atoms with Crippen molar-refractivity contribution in [1.82, 2.24) is 30.7 Å². The Morgan fingerprint density at radius 1 is 0.848 bits per heavy atom. The van der Waals surface area contributed by atoms with Crippen LogP contribution in [0.15, 0.2) is 84.9 Å². The number of carbonyl (C=O) groups is 4. The summed E-state index contributed by atoms with van der Waals surface area (Å²) in [6, 6.07) is 22.7. The van der Waals surface area contributed by atoms with E-state index in [1.165, 1.54) is 13.8 Å². The van der Waals surface area contributed by atoms with Gasteiger partial charge in [0.2, 0.25) is 11.8 Å². The number of piperidine rings is 1. The molecule has 3 aromatic carbocycles. The lowest BCUT2D eigenvalue weighted by Gasteiger charge is -2.47. The number of para-hydroxylation sites is 1. The number of fused-ring (bicyclic) bond motifs is 2. The first-order chi connectivity index (χ1) is 31.3. The summed E-state index contributed by atoms with van der Waals surface area (Å²) in [7, 11) is -3.98. The van der Waals surface area contributed by atoms with Gasteiger partial charge in [0.05, 0.1) is 35.6 Å². The number of nitrogens with zero attached hydrogens (tertiary/aromatic N) is 2. The predicted octanol–water partition coefficient (Wildman–Crippen LogP) is 5.67. The lowest BCUT2D eigenvalue weighted by atomic mass is 9.72. The topological polar surface area (TPSA) is 179 Å². The Labute approximate surface area is 389 Å². The average molecular weight is 925 g/mol. The van der Waals surface area contributed by atoms with Crippen LogP contribution in [0.3, 0.4) is 0 Å². The minimum absolute atomic E-state index is 0.103. The first-order valence-corrected chi connectivity index (χ1v) is 25.3. The van der Waals surface area contributed by atoms with Crippen molar-refractivity contribution in [3.63, 3.8) is 0 Å². The molecule has 3 amide bonds. The maximum atomic E-state index is 15.0. The summed E-state index contributed by atoms with van der Waals surface area (Å²) < 4.78 is 37.4. The van der Waals surface area contributed by atoms with Crippen LogP contribution < -0.4 is 16.0 Å². The van der Waals surface area contributed by atoms with E-state index in [4.69, 9.17) is 9.47 Å². The second-order valence-corrected chi connectivity index (χ2v) is 22.7. The first kappa shape index (κ1) is 48.8. The molecule has 3 aliphatic rings. The second-order valence-electron chi connectivity index (χ2n) is 20.1. The summed E-state index contributed by atoms with van der Waals surface area (Å²) in [5, 5.41) is 9.86. The van der Waals surface area contributed by atoms with Gasteiger partial charge in [0.25, 0.3) is 5.91 Å².